The number of hydrogen-bond donors (Lipinski definition) is 0. The topological polar surface area (TPSA) is 63.7 Å². The minimum Gasteiger partial charge on any atom is -0.489 e. The lowest BCUT2D eigenvalue weighted by molar-refractivity contribution is 0.101. The fraction of sp³-hybridized carbons (Fsp3) is 0.188. The van der Waals surface area contributed by atoms with Gasteiger partial charge in [-0.1, -0.05) is 12.1 Å². The molecule has 0 bridgehead atoms. The van der Waals surface area contributed by atoms with Crippen LogP contribution in [-0.2, 0) is 10.0 Å². The number of nitrogens with zero attached hydrogens (tertiary/aromatic N) is 1. The monoisotopic (exact) mass is 335 g/mol. The van der Waals surface area contributed by atoms with Crippen molar-refractivity contribution in [1.82, 2.24) is 0 Å². The Morgan fingerprint density at radius 1 is 1.17 bits per heavy atom. The molecule has 0 atom stereocenters. The molecule has 0 fully saturated rings. The number of fused-ring (bicyclic) bond motifs is 1. The average molecular weight is 335 g/mol. The number of carbonyl (C=O) groups is 1. The summed E-state index contributed by atoms with van der Waals surface area (Å²) in [5.74, 6) is -0.365. The fourth-order valence-electron chi connectivity index (χ4n) is 2.40. The number of carbonyl (C=O) groups excluding carboxylic acids is 1. The molecule has 2 aromatic rings. The van der Waals surface area contributed by atoms with Gasteiger partial charge in [0.05, 0.1) is 17.1 Å². The van der Waals surface area contributed by atoms with Gasteiger partial charge in [-0.2, -0.15) is 0 Å². The molecule has 2 aromatic carbocycles. The van der Waals surface area contributed by atoms with Crippen LogP contribution >= 0.6 is 0 Å². The van der Waals surface area contributed by atoms with Crippen molar-refractivity contribution < 1.29 is 22.3 Å². The second-order valence-electron chi connectivity index (χ2n) is 5.12. The van der Waals surface area contributed by atoms with Gasteiger partial charge < -0.3 is 4.74 Å². The van der Waals surface area contributed by atoms with Gasteiger partial charge in [0.15, 0.2) is 5.78 Å². The molecule has 0 saturated heterocycles. The highest BCUT2D eigenvalue weighted by Gasteiger charge is 2.30. The van der Waals surface area contributed by atoms with E-state index in [-0.39, 0.29) is 29.5 Å². The third kappa shape index (κ3) is 2.79. The summed E-state index contributed by atoms with van der Waals surface area (Å²) >= 11 is 0. The number of Topliss-reactive ketones (excluding diaryl/α,β-unsaturated/α-hetero) is 1. The van der Waals surface area contributed by atoms with Crippen LogP contribution in [0.3, 0.4) is 0 Å². The van der Waals surface area contributed by atoms with E-state index in [4.69, 9.17) is 4.74 Å². The van der Waals surface area contributed by atoms with Gasteiger partial charge in [-0.05, 0) is 31.2 Å². The van der Waals surface area contributed by atoms with Crippen LogP contribution in [0.4, 0.5) is 10.1 Å². The molecule has 0 radical (unpaired) electrons. The fourth-order valence-corrected chi connectivity index (χ4v) is 3.86. The summed E-state index contributed by atoms with van der Waals surface area (Å²) in [4.78, 5) is 11.3. The smallest absolute Gasteiger partial charge is 0.264 e. The summed E-state index contributed by atoms with van der Waals surface area (Å²) in [6, 6.07) is 9.43. The minimum absolute atomic E-state index is 0.0413. The van der Waals surface area contributed by atoms with Crippen molar-refractivity contribution in [2.45, 2.75) is 11.8 Å². The molecule has 0 spiro atoms. The molecule has 1 aliphatic rings. The number of rotatable bonds is 3. The molecule has 3 rings (SSSR count). The molecule has 0 aliphatic carbocycles. The number of ether oxygens (including phenoxy) is 1. The molecule has 5 nitrogen and oxygen atoms in total. The van der Waals surface area contributed by atoms with E-state index in [2.05, 4.69) is 0 Å². The molecule has 0 saturated carbocycles. The molecular formula is C16H14FNO4S. The zero-order chi connectivity index (χ0) is 16.6. The molecule has 1 heterocycles. The molecule has 120 valence electrons. The SMILES string of the molecule is CC(=O)c1ccc(S(=O)(=O)N2CCOc3ccc(F)cc32)cc1. The normalized spacial score (nSPS) is 14.1. The Labute approximate surface area is 133 Å². The van der Waals surface area contributed by atoms with Crippen LogP contribution in [0.2, 0.25) is 0 Å². The maximum absolute atomic E-state index is 13.5. The number of sulfonamides is 1. The molecule has 0 unspecified atom stereocenters. The maximum atomic E-state index is 13.5. The lowest BCUT2D eigenvalue weighted by atomic mass is 10.2. The summed E-state index contributed by atoms with van der Waals surface area (Å²) in [6.07, 6.45) is 0. The third-order valence-electron chi connectivity index (χ3n) is 3.59. The molecular weight excluding hydrogens is 321 g/mol. The van der Waals surface area contributed by atoms with E-state index in [0.29, 0.717) is 11.3 Å². The van der Waals surface area contributed by atoms with Crippen LogP contribution in [0.25, 0.3) is 0 Å². The van der Waals surface area contributed by atoms with Gasteiger partial charge in [-0.3, -0.25) is 9.10 Å². The van der Waals surface area contributed by atoms with Crippen molar-refractivity contribution in [3.8, 4) is 5.75 Å². The van der Waals surface area contributed by atoms with Crippen LogP contribution < -0.4 is 9.04 Å². The highest BCUT2D eigenvalue weighted by atomic mass is 32.2. The van der Waals surface area contributed by atoms with Crippen LogP contribution in [0, 0.1) is 5.82 Å². The molecule has 0 aromatic heterocycles. The maximum Gasteiger partial charge on any atom is 0.264 e. The van der Waals surface area contributed by atoms with Crippen LogP contribution in [0.5, 0.6) is 5.75 Å². The number of hydrogen-bond acceptors (Lipinski definition) is 4. The molecule has 0 amide bonds. The number of ketones is 1. The van der Waals surface area contributed by atoms with E-state index in [9.17, 15) is 17.6 Å². The van der Waals surface area contributed by atoms with Gasteiger partial charge in [-0.25, -0.2) is 12.8 Å². The summed E-state index contributed by atoms with van der Waals surface area (Å²) in [6.45, 7) is 1.68. The lowest BCUT2D eigenvalue weighted by Crippen LogP contribution is -2.38. The van der Waals surface area contributed by atoms with Crippen molar-refractivity contribution in [2.24, 2.45) is 0 Å². The van der Waals surface area contributed by atoms with Crippen LogP contribution in [-0.4, -0.2) is 27.4 Å². The van der Waals surface area contributed by atoms with Gasteiger partial charge in [0.25, 0.3) is 10.0 Å². The first-order chi connectivity index (χ1) is 10.9. The first-order valence-corrected chi connectivity index (χ1v) is 8.40. The van der Waals surface area contributed by atoms with E-state index in [1.54, 1.807) is 0 Å². The summed E-state index contributed by atoms with van der Waals surface area (Å²) in [7, 11) is -3.86. The molecule has 1 aliphatic heterocycles. The van der Waals surface area contributed by atoms with E-state index in [1.807, 2.05) is 0 Å². The first-order valence-electron chi connectivity index (χ1n) is 6.96. The number of halogens is 1. The minimum atomic E-state index is -3.86. The quantitative estimate of drug-likeness (QED) is 0.809. The summed E-state index contributed by atoms with van der Waals surface area (Å²) in [5, 5.41) is 0. The highest BCUT2D eigenvalue weighted by molar-refractivity contribution is 7.92. The Bertz CT molecular complexity index is 862. The Kier molecular flexibility index (Phi) is 3.81. The van der Waals surface area contributed by atoms with E-state index in [0.717, 1.165) is 10.4 Å². The first kappa shape index (κ1) is 15.5. The molecule has 23 heavy (non-hydrogen) atoms. The standard InChI is InChI=1S/C16H14FNO4S/c1-11(19)12-2-5-14(6-3-12)23(20,21)18-8-9-22-16-7-4-13(17)10-15(16)18/h2-7,10H,8-9H2,1H3. The number of benzene rings is 2. The van der Waals surface area contributed by atoms with Gasteiger partial charge in [-0.15, -0.1) is 0 Å². The summed E-state index contributed by atoms with van der Waals surface area (Å²) < 4.78 is 45.6. The van der Waals surface area contributed by atoms with Gasteiger partial charge >= 0.3 is 0 Å². The van der Waals surface area contributed by atoms with Gasteiger partial charge in [0, 0.05) is 11.6 Å². The van der Waals surface area contributed by atoms with Crippen molar-refractivity contribution in [1.29, 1.82) is 0 Å². The van der Waals surface area contributed by atoms with Crippen LogP contribution in [0.1, 0.15) is 17.3 Å². The highest BCUT2D eigenvalue weighted by Crippen LogP contribution is 2.35. The second kappa shape index (κ2) is 5.66. The Morgan fingerprint density at radius 3 is 2.52 bits per heavy atom. The molecule has 0 N–H and O–H groups in total. The van der Waals surface area contributed by atoms with Gasteiger partial charge in [0.1, 0.15) is 18.2 Å². The van der Waals surface area contributed by atoms with Crippen LogP contribution in [0.15, 0.2) is 47.4 Å². The second-order valence-corrected chi connectivity index (χ2v) is 6.98. The predicted molar refractivity (Wildman–Crippen MR) is 82.9 cm³/mol. The lowest BCUT2D eigenvalue weighted by Gasteiger charge is -2.30. The zero-order valence-electron chi connectivity index (χ0n) is 12.3. The predicted octanol–water partition coefficient (Wildman–Crippen LogP) is 2.62. The Balaban J connectivity index is 2.04. The Hall–Kier alpha value is -2.41. The van der Waals surface area contributed by atoms with E-state index in [1.165, 1.54) is 43.3 Å². The Morgan fingerprint density at radius 2 is 1.87 bits per heavy atom. The zero-order valence-corrected chi connectivity index (χ0v) is 13.1. The van der Waals surface area contributed by atoms with E-state index >= 15 is 0 Å². The largest absolute Gasteiger partial charge is 0.489 e. The molecule has 7 heteroatoms. The van der Waals surface area contributed by atoms with Crippen molar-refractivity contribution >= 4 is 21.5 Å². The van der Waals surface area contributed by atoms with Crippen molar-refractivity contribution in [3.63, 3.8) is 0 Å². The van der Waals surface area contributed by atoms with Crippen molar-refractivity contribution in [3.05, 3.63) is 53.8 Å². The van der Waals surface area contributed by atoms with E-state index < -0.39 is 15.8 Å². The number of anilines is 1. The van der Waals surface area contributed by atoms with Crippen molar-refractivity contribution in [2.75, 3.05) is 17.5 Å². The third-order valence-corrected chi connectivity index (χ3v) is 5.42. The summed E-state index contributed by atoms with van der Waals surface area (Å²) in [5.41, 5.74) is 0.601. The van der Waals surface area contributed by atoms with Gasteiger partial charge in [0.2, 0.25) is 0 Å². The average Bonchev–Trinajstić information content (AvgIpc) is 2.54.